The van der Waals surface area contributed by atoms with Gasteiger partial charge in [-0.05, 0) is 54.8 Å². The second kappa shape index (κ2) is 12.2. The molecule has 0 aliphatic carbocycles. The Morgan fingerprint density at radius 1 is 1.03 bits per heavy atom. The first-order chi connectivity index (χ1) is 14.5. The summed E-state index contributed by atoms with van der Waals surface area (Å²) in [6, 6.07) is 14.2. The number of amides is 2. The van der Waals surface area contributed by atoms with Crippen LogP contribution in [0.15, 0.2) is 53.0 Å². The second-order valence-electron chi connectivity index (χ2n) is 6.83. The number of nitrogens with zero attached hydrogens (tertiary/aromatic N) is 1. The monoisotopic (exact) mass is 476 g/mol. The van der Waals surface area contributed by atoms with Gasteiger partial charge in [0.25, 0.3) is 5.91 Å². The van der Waals surface area contributed by atoms with Crippen LogP contribution in [-0.4, -0.2) is 43.0 Å². The molecule has 1 N–H and O–H groups in total. The van der Waals surface area contributed by atoms with Gasteiger partial charge in [0.15, 0.2) is 6.61 Å². The number of hydrogen-bond donors (Lipinski definition) is 1. The minimum absolute atomic E-state index is 0.144. The number of methoxy groups -OCH3 is 1. The zero-order chi connectivity index (χ0) is 21.9. The highest BCUT2D eigenvalue weighted by Crippen LogP contribution is 2.18. The first-order valence-electron chi connectivity index (χ1n) is 10.1. The van der Waals surface area contributed by atoms with Gasteiger partial charge < -0.3 is 19.7 Å². The van der Waals surface area contributed by atoms with Crippen molar-refractivity contribution in [1.82, 2.24) is 10.2 Å². The highest BCUT2D eigenvalue weighted by atomic mass is 79.9. The Kier molecular flexibility index (Phi) is 9.67. The van der Waals surface area contributed by atoms with Crippen LogP contribution >= 0.6 is 15.9 Å². The largest absolute Gasteiger partial charge is 0.497 e. The van der Waals surface area contributed by atoms with Crippen LogP contribution in [0.4, 0.5) is 0 Å². The smallest absolute Gasteiger partial charge is 0.261 e. The van der Waals surface area contributed by atoms with E-state index in [0.717, 1.165) is 22.2 Å². The molecule has 2 aromatic rings. The lowest BCUT2D eigenvalue weighted by Crippen LogP contribution is -2.50. The molecule has 2 aromatic carbocycles. The highest BCUT2D eigenvalue weighted by Gasteiger charge is 2.28. The maximum atomic E-state index is 13.1. The SMILES string of the molecule is CCCNC(=O)C(CC)N(Cc1ccc(OC)cc1)C(=O)COc1ccc(Br)cc1. The molecule has 162 valence electrons. The first-order valence-corrected chi connectivity index (χ1v) is 10.9. The third kappa shape index (κ3) is 7.06. The average molecular weight is 477 g/mol. The molecule has 30 heavy (non-hydrogen) atoms. The quantitative estimate of drug-likeness (QED) is 0.528. The molecule has 0 saturated heterocycles. The number of carbonyl (C=O) groups excluding carboxylic acids is 2. The Labute approximate surface area is 186 Å². The van der Waals surface area contributed by atoms with Crippen molar-refractivity contribution in [2.45, 2.75) is 39.3 Å². The average Bonchev–Trinajstić information content (AvgIpc) is 2.77. The number of ether oxygens (including phenoxy) is 2. The first kappa shape index (κ1) is 23.7. The number of halogens is 1. The summed E-state index contributed by atoms with van der Waals surface area (Å²) in [6.07, 6.45) is 1.34. The van der Waals surface area contributed by atoms with Crippen molar-refractivity contribution < 1.29 is 19.1 Å². The Morgan fingerprint density at radius 2 is 1.67 bits per heavy atom. The predicted molar refractivity (Wildman–Crippen MR) is 121 cm³/mol. The summed E-state index contributed by atoms with van der Waals surface area (Å²) >= 11 is 3.38. The Hall–Kier alpha value is -2.54. The van der Waals surface area contributed by atoms with E-state index < -0.39 is 6.04 Å². The summed E-state index contributed by atoms with van der Waals surface area (Å²) in [6.45, 7) is 4.64. The third-order valence-electron chi connectivity index (χ3n) is 4.62. The van der Waals surface area contributed by atoms with Crippen LogP contribution in [0, 0.1) is 0 Å². The summed E-state index contributed by atoms with van der Waals surface area (Å²) in [5, 5.41) is 2.90. The molecule has 0 radical (unpaired) electrons. The molecule has 0 spiro atoms. The standard InChI is InChI=1S/C23H29BrN2O4/c1-4-14-25-23(28)21(5-2)26(15-17-6-10-19(29-3)11-7-17)22(27)16-30-20-12-8-18(24)9-13-20/h6-13,21H,4-5,14-16H2,1-3H3,(H,25,28). The van der Waals surface area contributed by atoms with Crippen molar-refractivity contribution in [3.8, 4) is 11.5 Å². The fourth-order valence-electron chi connectivity index (χ4n) is 2.97. The molecule has 2 rings (SSSR count). The van der Waals surface area contributed by atoms with E-state index in [1.54, 1.807) is 24.1 Å². The number of hydrogen-bond acceptors (Lipinski definition) is 4. The molecule has 7 heteroatoms. The van der Waals surface area contributed by atoms with E-state index in [1.807, 2.05) is 50.2 Å². The lowest BCUT2D eigenvalue weighted by atomic mass is 10.1. The van der Waals surface area contributed by atoms with Gasteiger partial charge in [-0.1, -0.05) is 41.9 Å². The molecular weight excluding hydrogens is 448 g/mol. The van der Waals surface area contributed by atoms with Crippen molar-refractivity contribution in [3.63, 3.8) is 0 Å². The maximum Gasteiger partial charge on any atom is 0.261 e. The van der Waals surface area contributed by atoms with Gasteiger partial charge in [-0.15, -0.1) is 0 Å². The molecule has 0 bridgehead atoms. The zero-order valence-electron chi connectivity index (χ0n) is 17.7. The third-order valence-corrected chi connectivity index (χ3v) is 5.15. The van der Waals surface area contributed by atoms with Crippen LogP contribution in [0.1, 0.15) is 32.3 Å². The predicted octanol–water partition coefficient (Wildman–Crippen LogP) is 4.17. The molecule has 0 saturated carbocycles. The van der Waals surface area contributed by atoms with Crippen LogP contribution in [-0.2, 0) is 16.1 Å². The van der Waals surface area contributed by atoms with Gasteiger partial charge in [0.05, 0.1) is 7.11 Å². The lowest BCUT2D eigenvalue weighted by Gasteiger charge is -2.30. The summed E-state index contributed by atoms with van der Waals surface area (Å²) in [5.41, 5.74) is 0.912. The lowest BCUT2D eigenvalue weighted by molar-refractivity contribution is -0.143. The Bertz CT molecular complexity index is 809. The fraction of sp³-hybridized carbons (Fsp3) is 0.391. The van der Waals surface area contributed by atoms with E-state index in [4.69, 9.17) is 9.47 Å². The van der Waals surface area contributed by atoms with Gasteiger partial charge >= 0.3 is 0 Å². The molecule has 6 nitrogen and oxygen atoms in total. The van der Waals surface area contributed by atoms with Crippen molar-refractivity contribution in [1.29, 1.82) is 0 Å². The summed E-state index contributed by atoms with van der Waals surface area (Å²) < 4.78 is 11.8. The number of nitrogens with one attached hydrogen (secondary N) is 1. The van der Waals surface area contributed by atoms with E-state index in [9.17, 15) is 9.59 Å². The van der Waals surface area contributed by atoms with Gasteiger partial charge in [0.2, 0.25) is 5.91 Å². The molecule has 0 aliphatic heterocycles. The Balaban J connectivity index is 2.17. The van der Waals surface area contributed by atoms with E-state index in [0.29, 0.717) is 25.3 Å². The van der Waals surface area contributed by atoms with Crippen LogP contribution in [0.2, 0.25) is 0 Å². The minimum Gasteiger partial charge on any atom is -0.497 e. The molecule has 1 atom stereocenters. The molecular formula is C23H29BrN2O4. The van der Waals surface area contributed by atoms with E-state index in [-0.39, 0.29) is 18.4 Å². The maximum absolute atomic E-state index is 13.1. The molecule has 1 unspecified atom stereocenters. The molecule has 2 amide bonds. The summed E-state index contributed by atoms with van der Waals surface area (Å²) in [4.78, 5) is 27.4. The van der Waals surface area contributed by atoms with Gasteiger partial charge in [-0.3, -0.25) is 9.59 Å². The zero-order valence-corrected chi connectivity index (χ0v) is 19.3. The molecule has 0 aliphatic rings. The molecule has 0 fully saturated rings. The fourth-order valence-corrected chi connectivity index (χ4v) is 3.24. The summed E-state index contributed by atoms with van der Waals surface area (Å²) in [5.74, 6) is 0.944. The Morgan fingerprint density at radius 3 is 2.23 bits per heavy atom. The van der Waals surface area contributed by atoms with Gasteiger partial charge in [0.1, 0.15) is 17.5 Å². The normalized spacial score (nSPS) is 11.5. The van der Waals surface area contributed by atoms with Crippen LogP contribution < -0.4 is 14.8 Å². The number of rotatable bonds is 11. The van der Waals surface area contributed by atoms with Gasteiger partial charge in [-0.2, -0.15) is 0 Å². The van der Waals surface area contributed by atoms with Gasteiger partial charge in [0, 0.05) is 17.6 Å². The summed E-state index contributed by atoms with van der Waals surface area (Å²) in [7, 11) is 1.61. The van der Waals surface area contributed by atoms with Crippen LogP contribution in [0.5, 0.6) is 11.5 Å². The van der Waals surface area contributed by atoms with Gasteiger partial charge in [-0.25, -0.2) is 0 Å². The van der Waals surface area contributed by atoms with Crippen molar-refractivity contribution in [2.24, 2.45) is 0 Å². The molecule has 0 heterocycles. The van der Waals surface area contributed by atoms with Crippen LogP contribution in [0.3, 0.4) is 0 Å². The number of carbonyl (C=O) groups is 2. The number of benzene rings is 2. The highest BCUT2D eigenvalue weighted by molar-refractivity contribution is 9.10. The minimum atomic E-state index is -0.570. The topological polar surface area (TPSA) is 67.9 Å². The van der Waals surface area contributed by atoms with Crippen molar-refractivity contribution >= 4 is 27.7 Å². The molecule has 0 aromatic heterocycles. The van der Waals surface area contributed by atoms with Crippen molar-refractivity contribution in [3.05, 3.63) is 58.6 Å². The second-order valence-corrected chi connectivity index (χ2v) is 7.74. The van der Waals surface area contributed by atoms with E-state index in [1.165, 1.54) is 0 Å². The van der Waals surface area contributed by atoms with Crippen molar-refractivity contribution in [2.75, 3.05) is 20.3 Å². The van der Waals surface area contributed by atoms with E-state index >= 15 is 0 Å². The van der Waals surface area contributed by atoms with E-state index in [2.05, 4.69) is 21.2 Å². The van der Waals surface area contributed by atoms with Crippen LogP contribution in [0.25, 0.3) is 0 Å².